The van der Waals surface area contributed by atoms with Gasteiger partial charge in [-0.15, -0.1) is 0 Å². The Kier molecular flexibility index (Phi) is 5.87. The van der Waals surface area contributed by atoms with Gasteiger partial charge in [-0.3, -0.25) is 9.69 Å². The number of aromatic nitrogens is 2. The number of pyridine rings is 1. The number of carbonyl (C=O) groups is 1. The maximum Gasteiger partial charge on any atom is 0.320 e. The van der Waals surface area contributed by atoms with E-state index in [1.54, 1.807) is 18.3 Å². The predicted molar refractivity (Wildman–Crippen MR) is 116 cm³/mol. The molecule has 150 valence electrons. The Morgan fingerprint density at radius 2 is 1.93 bits per heavy atom. The van der Waals surface area contributed by atoms with Crippen LogP contribution in [0.2, 0.25) is 0 Å². The molecule has 1 aliphatic heterocycles. The zero-order valence-electron chi connectivity index (χ0n) is 16.3. The van der Waals surface area contributed by atoms with Crippen molar-refractivity contribution in [1.29, 1.82) is 0 Å². The monoisotopic (exact) mass is 408 g/mol. The van der Waals surface area contributed by atoms with E-state index in [0.29, 0.717) is 5.92 Å². The van der Waals surface area contributed by atoms with Gasteiger partial charge in [0.1, 0.15) is 11.9 Å². The van der Waals surface area contributed by atoms with Gasteiger partial charge in [0.05, 0.1) is 4.88 Å². The van der Waals surface area contributed by atoms with E-state index < -0.39 is 12.0 Å². The van der Waals surface area contributed by atoms with Gasteiger partial charge in [0.15, 0.2) is 5.13 Å². The first-order valence-electron chi connectivity index (χ1n) is 9.82. The lowest BCUT2D eigenvalue weighted by Crippen LogP contribution is -2.43. The van der Waals surface area contributed by atoms with E-state index in [1.165, 1.54) is 0 Å². The topological polar surface area (TPSA) is 78.4 Å². The molecule has 1 atom stereocenters. The summed E-state index contributed by atoms with van der Waals surface area (Å²) in [5.74, 6) is 0.383. The zero-order valence-corrected chi connectivity index (χ0v) is 17.1. The minimum absolute atomic E-state index is 0.352. The van der Waals surface area contributed by atoms with Crippen LogP contribution in [0, 0.1) is 0 Å². The fraction of sp³-hybridized carbons (Fsp3) is 0.318. The van der Waals surface area contributed by atoms with Crippen LogP contribution in [0.3, 0.4) is 0 Å². The number of rotatable bonds is 6. The van der Waals surface area contributed by atoms with E-state index in [-0.39, 0.29) is 0 Å². The maximum absolute atomic E-state index is 11.2. The number of piperidine rings is 1. The summed E-state index contributed by atoms with van der Waals surface area (Å²) in [6.07, 6.45) is 3.72. The molecular formula is C22H24N4O2S. The third-order valence-corrected chi connectivity index (χ3v) is 6.38. The summed E-state index contributed by atoms with van der Waals surface area (Å²) in [6, 6.07) is 15.8. The van der Waals surface area contributed by atoms with Crippen LogP contribution in [0.25, 0.3) is 10.4 Å². The van der Waals surface area contributed by atoms with Crippen molar-refractivity contribution in [2.75, 3.05) is 18.4 Å². The third-order valence-electron chi connectivity index (χ3n) is 5.42. The molecule has 7 heteroatoms. The highest BCUT2D eigenvalue weighted by Crippen LogP contribution is 2.32. The van der Waals surface area contributed by atoms with E-state index in [1.807, 2.05) is 41.4 Å². The number of likely N-dealkylation sites (tertiary alicyclic amines) is 1. The van der Waals surface area contributed by atoms with Crippen molar-refractivity contribution in [3.63, 3.8) is 0 Å². The van der Waals surface area contributed by atoms with Gasteiger partial charge >= 0.3 is 5.97 Å². The molecule has 0 aliphatic carbocycles. The van der Waals surface area contributed by atoms with Gasteiger partial charge in [0.25, 0.3) is 0 Å². The van der Waals surface area contributed by atoms with Crippen molar-refractivity contribution < 1.29 is 9.90 Å². The third kappa shape index (κ3) is 4.63. The number of hydrogen-bond donors (Lipinski definition) is 2. The van der Waals surface area contributed by atoms with Crippen LogP contribution >= 0.6 is 11.3 Å². The first kappa shape index (κ1) is 19.5. The molecule has 2 N–H and O–H groups in total. The molecule has 6 nitrogen and oxygen atoms in total. The largest absolute Gasteiger partial charge is 0.480 e. The van der Waals surface area contributed by atoms with Crippen LogP contribution in [0.4, 0.5) is 10.9 Å². The number of nitrogens with zero attached hydrogens (tertiary/aromatic N) is 3. The van der Waals surface area contributed by atoms with Crippen LogP contribution in [-0.2, 0) is 4.79 Å². The molecule has 2 aromatic heterocycles. The number of hydrogen-bond acceptors (Lipinski definition) is 6. The summed E-state index contributed by atoms with van der Waals surface area (Å²) in [5, 5.41) is 13.3. The smallest absolute Gasteiger partial charge is 0.320 e. The van der Waals surface area contributed by atoms with E-state index in [0.717, 1.165) is 53.0 Å². The molecule has 1 saturated heterocycles. The Morgan fingerprint density at radius 3 is 2.66 bits per heavy atom. The number of anilines is 2. The van der Waals surface area contributed by atoms with E-state index in [9.17, 15) is 9.90 Å². The Bertz CT molecular complexity index is 968. The first-order valence-corrected chi connectivity index (χ1v) is 10.6. The summed E-state index contributed by atoms with van der Waals surface area (Å²) >= 11 is 1.60. The number of carboxylic acid groups (broad SMARTS) is 1. The number of thiazole rings is 1. The molecule has 0 amide bonds. The average molecular weight is 409 g/mol. The molecular weight excluding hydrogens is 384 g/mol. The molecule has 0 radical (unpaired) electrons. The van der Waals surface area contributed by atoms with Gasteiger partial charge in [-0.1, -0.05) is 47.7 Å². The normalized spacial score (nSPS) is 16.4. The number of aliphatic carboxylic acids is 1. The zero-order chi connectivity index (χ0) is 20.2. The Balaban J connectivity index is 1.41. The molecule has 1 unspecified atom stereocenters. The van der Waals surface area contributed by atoms with Gasteiger partial charge in [-0.25, -0.2) is 9.97 Å². The average Bonchev–Trinajstić information content (AvgIpc) is 3.22. The SMILES string of the molecule is CC(C(=O)O)N1CCC(c2cccc(Nc3ncc(-c4ccccc4)s3)n2)CC1. The van der Waals surface area contributed by atoms with Gasteiger partial charge in [-0.05, 0) is 50.6 Å². The second kappa shape index (κ2) is 8.71. The minimum Gasteiger partial charge on any atom is -0.480 e. The van der Waals surface area contributed by atoms with E-state index in [4.69, 9.17) is 4.98 Å². The van der Waals surface area contributed by atoms with Gasteiger partial charge < -0.3 is 10.4 Å². The van der Waals surface area contributed by atoms with Crippen LogP contribution in [-0.4, -0.2) is 45.1 Å². The lowest BCUT2D eigenvalue weighted by molar-refractivity contribution is -0.143. The van der Waals surface area contributed by atoms with Crippen LogP contribution < -0.4 is 5.32 Å². The second-order valence-electron chi connectivity index (χ2n) is 7.29. The van der Waals surface area contributed by atoms with Gasteiger partial charge in [0.2, 0.25) is 0 Å². The number of benzene rings is 1. The van der Waals surface area contributed by atoms with Crippen molar-refractivity contribution in [2.45, 2.75) is 31.7 Å². The summed E-state index contributed by atoms with van der Waals surface area (Å²) in [5.41, 5.74) is 2.21. The van der Waals surface area contributed by atoms with Crippen molar-refractivity contribution >= 4 is 28.3 Å². The summed E-state index contributed by atoms with van der Waals surface area (Å²) in [6.45, 7) is 3.32. The quantitative estimate of drug-likeness (QED) is 0.621. The van der Waals surface area contributed by atoms with Crippen LogP contribution in [0.1, 0.15) is 31.4 Å². The van der Waals surface area contributed by atoms with Crippen LogP contribution in [0.15, 0.2) is 54.7 Å². The van der Waals surface area contributed by atoms with E-state index >= 15 is 0 Å². The van der Waals surface area contributed by atoms with Crippen LogP contribution in [0.5, 0.6) is 0 Å². The Morgan fingerprint density at radius 1 is 1.17 bits per heavy atom. The number of nitrogens with one attached hydrogen (secondary N) is 1. The fourth-order valence-electron chi connectivity index (χ4n) is 3.66. The summed E-state index contributed by atoms with van der Waals surface area (Å²) < 4.78 is 0. The lowest BCUT2D eigenvalue weighted by Gasteiger charge is -2.34. The standard InChI is InChI=1S/C22H24N4O2S/c1-15(21(27)28)26-12-10-16(11-13-26)18-8-5-9-20(24-18)25-22-23-14-19(29-22)17-6-3-2-4-7-17/h2-9,14-16H,10-13H2,1H3,(H,27,28)(H,23,24,25). The second-order valence-corrected chi connectivity index (χ2v) is 8.32. The van der Waals surface area contributed by atoms with Crippen molar-refractivity contribution in [3.8, 4) is 10.4 Å². The fourth-order valence-corrected chi connectivity index (χ4v) is 4.49. The molecule has 3 heterocycles. The predicted octanol–water partition coefficient (Wildman–Crippen LogP) is 4.60. The molecule has 4 rings (SSSR count). The molecule has 1 aromatic carbocycles. The maximum atomic E-state index is 11.2. The molecule has 29 heavy (non-hydrogen) atoms. The molecule has 1 fully saturated rings. The van der Waals surface area contributed by atoms with Crippen molar-refractivity contribution in [3.05, 3.63) is 60.4 Å². The molecule has 0 bridgehead atoms. The highest BCUT2D eigenvalue weighted by molar-refractivity contribution is 7.18. The molecule has 1 aliphatic rings. The molecule has 0 saturated carbocycles. The van der Waals surface area contributed by atoms with Gasteiger partial charge in [-0.2, -0.15) is 0 Å². The van der Waals surface area contributed by atoms with Crippen molar-refractivity contribution in [2.24, 2.45) is 0 Å². The Labute approximate surface area is 174 Å². The first-order chi connectivity index (χ1) is 14.1. The molecule has 3 aromatic rings. The van der Waals surface area contributed by atoms with Gasteiger partial charge in [0, 0.05) is 17.8 Å². The lowest BCUT2D eigenvalue weighted by atomic mass is 9.92. The minimum atomic E-state index is -0.758. The summed E-state index contributed by atoms with van der Waals surface area (Å²) in [7, 11) is 0. The number of carboxylic acids is 1. The van der Waals surface area contributed by atoms with Crippen molar-refractivity contribution in [1.82, 2.24) is 14.9 Å². The summed E-state index contributed by atoms with van der Waals surface area (Å²) in [4.78, 5) is 23.6. The molecule has 0 spiro atoms. The highest BCUT2D eigenvalue weighted by atomic mass is 32.1. The highest BCUT2D eigenvalue weighted by Gasteiger charge is 2.27. The Hall–Kier alpha value is -2.77. The van der Waals surface area contributed by atoms with E-state index in [2.05, 4.69) is 28.5 Å².